The van der Waals surface area contributed by atoms with E-state index < -0.39 is 0 Å². The SMILES string of the molecule is CC(=O)C1CCc2c(ccn2C2CC2)C1. The lowest BCUT2D eigenvalue weighted by atomic mass is 9.85. The second-order valence-electron chi connectivity index (χ2n) is 4.98. The van der Waals surface area contributed by atoms with Gasteiger partial charge in [0.1, 0.15) is 5.78 Å². The van der Waals surface area contributed by atoms with Gasteiger partial charge in [0.2, 0.25) is 0 Å². The fraction of sp³-hybridized carbons (Fsp3) is 0.615. The number of fused-ring (bicyclic) bond motifs is 1. The van der Waals surface area contributed by atoms with Gasteiger partial charge in [0.15, 0.2) is 0 Å². The molecule has 0 saturated heterocycles. The van der Waals surface area contributed by atoms with Crippen molar-refractivity contribution in [1.29, 1.82) is 0 Å². The number of rotatable bonds is 2. The number of carbonyl (C=O) groups is 1. The van der Waals surface area contributed by atoms with Crippen molar-refractivity contribution in [1.82, 2.24) is 4.57 Å². The fourth-order valence-corrected chi connectivity index (χ4v) is 2.72. The fourth-order valence-electron chi connectivity index (χ4n) is 2.72. The van der Waals surface area contributed by atoms with Crippen molar-refractivity contribution in [2.45, 2.75) is 45.1 Å². The van der Waals surface area contributed by atoms with E-state index in [0.717, 1.165) is 25.3 Å². The van der Waals surface area contributed by atoms with Crippen LogP contribution < -0.4 is 0 Å². The third-order valence-corrected chi connectivity index (χ3v) is 3.83. The Morgan fingerprint density at radius 2 is 2.20 bits per heavy atom. The molecule has 2 aliphatic rings. The molecule has 1 fully saturated rings. The molecule has 1 unspecified atom stereocenters. The molecular weight excluding hydrogens is 186 g/mol. The summed E-state index contributed by atoms with van der Waals surface area (Å²) in [5.74, 6) is 0.646. The third-order valence-electron chi connectivity index (χ3n) is 3.83. The van der Waals surface area contributed by atoms with E-state index >= 15 is 0 Å². The maximum absolute atomic E-state index is 11.4. The molecule has 0 spiro atoms. The predicted octanol–water partition coefficient (Wildman–Crippen LogP) is 2.52. The molecule has 1 heterocycles. The second-order valence-corrected chi connectivity index (χ2v) is 4.98. The molecule has 0 N–H and O–H groups in total. The molecule has 1 aromatic heterocycles. The number of nitrogens with zero attached hydrogens (tertiary/aromatic N) is 1. The van der Waals surface area contributed by atoms with Crippen molar-refractivity contribution in [2.24, 2.45) is 5.92 Å². The zero-order valence-corrected chi connectivity index (χ0v) is 9.20. The number of ketones is 1. The minimum atomic E-state index is 0.285. The molecule has 15 heavy (non-hydrogen) atoms. The summed E-state index contributed by atoms with van der Waals surface area (Å²) in [6, 6.07) is 3.01. The van der Waals surface area contributed by atoms with Gasteiger partial charge in [-0.2, -0.15) is 0 Å². The molecule has 1 atom stereocenters. The smallest absolute Gasteiger partial charge is 0.133 e. The number of carbonyl (C=O) groups excluding carboxylic acids is 1. The molecule has 0 aromatic carbocycles. The van der Waals surface area contributed by atoms with Crippen LogP contribution >= 0.6 is 0 Å². The zero-order valence-electron chi connectivity index (χ0n) is 9.20. The molecule has 3 rings (SSSR count). The van der Waals surface area contributed by atoms with Crippen LogP contribution in [0.3, 0.4) is 0 Å². The van der Waals surface area contributed by atoms with E-state index in [1.165, 1.54) is 24.1 Å². The van der Waals surface area contributed by atoms with Gasteiger partial charge in [-0.05, 0) is 50.7 Å². The summed E-state index contributed by atoms with van der Waals surface area (Å²) in [5, 5.41) is 0. The molecule has 0 aliphatic heterocycles. The molecule has 0 radical (unpaired) electrons. The number of hydrogen-bond donors (Lipinski definition) is 0. The van der Waals surface area contributed by atoms with Crippen molar-refractivity contribution in [3.63, 3.8) is 0 Å². The first-order valence-corrected chi connectivity index (χ1v) is 5.94. The summed E-state index contributed by atoms with van der Waals surface area (Å²) in [4.78, 5) is 11.4. The van der Waals surface area contributed by atoms with E-state index in [-0.39, 0.29) is 5.92 Å². The molecule has 0 bridgehead atoms. The van der Waals surface area contributed by atoms with Gasteiger partial charge >= 0.3 is 0 Å². The van der Waals surface area contributed by atoms with Gasteiger partial charge in [0.05, 0.1) is 0 Å². The molecule has 2 aliphatic carbocycles. The van der Waals surface area contributed by atoms with Gasteiger partial charge < -0.3 is 4.57 Å². The molecular formula is C13H17NO. The highest BCUT2D eigenvalue weighted by atomic mass is 16.1. The number of aromatic nitrogens is 1. The van der Waals surface area contributed by atoms with Crippen LogP contribution in [0.25, 0.3) is 0 Å². The van der Waals surface area contributed by atoms with Crippen molar-refractivity contribution in [2.75, 3.05) is 0 Å². The van der Waals surface area contributed by atoms with E-state index in [1.807, 2.05) is 0 Å². The Bertz CT molecular complexity index is 401. The lowest BCUT2D eigenvalue weighted by Crippen LogP contribution is -2.21. The van der Waals surface area contributed by atoms with Crippen LogP contribution in [0.5, 0.6) is 0 Å². The van der Waals surface area contributed by atoms with Gasteiger partial charge in [-0.1, -0.05) is 0 Å². The van der Waals surface area contributed by atoms with Crippen molar-refractivity contribution in [3.05, 3.63) is 23.5 Å². The first kappa shape index (κ1) is 9.20. The van der Waals surface area contributed by atoms with E-state index in [1.54, 1.807) is 6.92 Å². The minimum absolute atomic E-state index is 0.285. The van der Waals surface area contributed by atoms with Crippen LogP contribution in [0.1, 0.15) is 43.5 Å². The average molecular weight is 203 g/mol. The Kier molecular flexibility index (Phi) is 1.98. The Morgan fingerprint density at radius 3 is 2.87 bits per heavy atom. The topological polar surface area (TPSA) is 22.0 Å². The maximum atomic E-state index is 11.4. The summed E-state index contributed by atoms with van der Waals surface area (Å²) < 4.78 is 2.45. The monoisotopic (exact) mass is 203 g/mol. The standard InChI is InChI=1S/C13H17NO/c1-9(15)10-2-5-13-11(8-10)6-7-14(13)12-3-4-12/h6-7,10,12H,2-5,8H2,1H3. The van der Waals surface area contributed by atoms with Crippen LogP contribution in [-0.4, -0.2) is 10.4 Å². The molecule has 1 aromatic rings. The zero-order chi connectivity index (χ0) is 10.4. The Balaban J connectivity index is 1.88. The molecule has 0 amide bonds. The average Bonchev–Trinajstić information content (AvgIpc) is 2.98. The normalized spacial score (nSPS) is 25.0. The highest BCUT2D eigenvalue weighted by Crippen LogP contribution is 2.39. The van der Waals surface area contributed by atoms with E-state index in [9.17, 15) is 4.79 Å². The van der Waals surface area contributed by atoms with Gasteiger partial charge in [0.25, 0.3) is 0 Å². The highest BCUT2D eigenvalue weighted by molar-refractivity contribution is 5.78. The van der Waals surface area contributed by atoms with Crippen LogP contribution in [0.15, 0.2) is 12.3 Å². The van der Waals surface area contributed by atoms with Crippen LogP contribution in [0.2, 0.25) is 0 Å². The lowest BCUT2D eigenvalue weighted by Gasteiger charge is -2.21. The van der Waals surface area contributed by atoms with Crippen LogP contribution in [-0.2, 0) is 17.6 Å². The van der Waals surface area contributed by atoms with Gasteiger partial charge in [-0.25, -0.2) is 0 Å². The predicted molar refractivity (Wildman–Crippen MR) is 58.9 cm³/mol. The Labute approximate surface area is 90.3 Å². The van der Waals surface area contributed by atoms with Crippen LogP contribution in [0.4, 0.5) is 0 Å². The Hall–Kier alpha value is -1.05. The van der Waals surface area contributed by atoms with E-state index in [4.69, 9.17) is 0 Å². The maximum Gasteiger partial charge on any atom is 0.133 e. The quantitative estimate of drug-likeness (QED) is 0.724. The van der Waals surface area contributed by atoms with E-state index in [2.05, 4.69) is 16.8 Å². The van der Waals surface area contributed by atoms with Gasteiger partial charge in [-0.3, -0.25) is 4.79 Å². The largest absolute Gasteiger partial charge is 0.348 e. The second kappa shape index (κ2) is 3.22. The summed E-state index contributed by atoms with van der Waals surface area (Å²) in [6.07, 6.45) is 8.05. The van der Waals surface area contributed by atoms with Crippen molar-refractivity contribution < 1.29 is 4.79 Å². The van der Waals surface area contributed by atoms with Crippen molar-refractivity contribution >= 4 is 5.78 Å². The summed E-state index contributed by atoms with van der Waals surface area (Å²) in [7, 11) is 0. The van der Waals surface area contributed by atoms with Crippen molar-refractivity contribution in [3.8, 4) is 0 Å². The van der Waals surface area contributed by atoms with Gasteiger partial charge in [-0.15, -0.1) is 0 Å². The first-order chi connectivity index (χ1) is 7.25. The molecule has 2 heteroatoms. The summed E-state index contributed by atoms with van der Waals surface area (Å²) in [5.41, 5.74) is 2.93. The molecule has 1 saturated carbocycles. The number of Topliss-reactive ketones (excluding diaryl/α,β-unsaturated/α-hetero) is 1. The summed E-state index contributed by atoms with van der Waals surface area (Å²) >= 11 is 0. The highest BCUT2D eigenvalue weighted by Gasteiger charge is 2.30. The third kappa shape index (κ3) is 1.52. The summed E-state index contributed by atoms with van der Waals surface area (Å²) in [6.45, 7) is 1.73. The minimum Gasteiger partial charge on any atom is -0.348 e. The molecule has 2 nitrogen and oxygen atoms in total. The number of hydrogen-bond acceptors (Lipinski definition) is 1. The first-order valence-electron chi connectivity index (χ1n) is 5.94. The lowest BCUT2D eigenvalue weighted by molar-refractivity contribution is -0.121. The Morgan fingerprint density at radius 1 is 1.40 bits per heavy atom. The van der Waals surface area contributed by atoms with E-state index in [0.29, 0.717) is 5.78 Å². The molecule has 80 valence electrons. The van der Waals surface area contributed by atoms with Crippen LogP contribution in [0, 0.1) is 5.92 Å². The van der Waals surface area contributed by atoms with Gasteiger partial charge in [0, 0.05) is 23.9 Å².